The van der Waals surface area contributed by atoms with E-state index in [9.17, 15) is 18.8 Å². The Morgan fingerprint density at radius 1 is 1.19 bits per heavy atom. The molecule has 0 spiro atoms. The first-order chi connectivity index (χ1) is 12.4. The molecule has 0 aliphatic rings. The van der Waals surface area contributed by atoms with E-state index in [0.29, 0.717) is 5.69 Å². The first kappa shape index (κ1) is 19.2. The van der Waals surface area contributed by atoms with Crippen LogP contribution in [0.25, 0.3) is 0 Å². The van der Waals surface area contributed by atoms with Gasteiger partial charge in [0.05, 0.1) is 6.26 Å². The second-order valence-corrected chi connectivity index (χ2v) is 5.50. The van der Waals surface area contributed by atoms with E-state index in [-0.39, 0.29) is 12.2 Å². The highest BCUT2D eigenvalue weighted by molar-refractivity contribution is 5.97. The minimum atomic E-state index is -1.05. The minimum Gasteiger partial charge on any atom is -0.459 e. The van der Waals surface area contributed by atoms with Crippen LogP contribution >= 0.6 is 0 Å². The van der Waals surface area contributed by atoms with Gasteiger partial charge in [-0.05, 0) is 49.7 Å². The predicted molar refractivity (Wildman–Crippen MR) is 90.8 cm³/mol. The van der Waals surface area contributed by atoms with Crippen molar-refractivity contribution in [2.45, 2.75) is 32.4 Å². The zero-order chi connectivity index (χ0) is 19.1. The summed E-state index contributed by atoms with van der Waals surface area (Å²) < 4.78 is 23.0. The minimum absolute atomic E-state index is 0.0609. The molecule has 1 heterocycles. The third kappa shape index (κ3) is 5.17. The molecular weight excluding hydrogens is 343 g/mol. The number of halogens is 1. The van der Waals surface area contributed by atoms with Crippen LogP contribution in [0.1, 0.15) is 30.8 Å². The van der Waals surface area contributed by atoms with E-state index in [4.69, 9.17) is 9.15 Å². The number of carbonyl (C=O) groups excluding carboxylic acids is 3. The molecule has 0 aliphatic carbocycles. The van der Waals surface area contributed by atoms with Gasteiger partial charge in [0, 0.05) is 5.69 Å². The topological polar surface area (TPSA) is 97.6 Å². The number of rotatable bonds is 7. The highest BCUT2D eigenvalue weighted by Crippen LogP contribution is 2.11. The Labute approximate surface area is 149 Å². The van der Waals surface area contributed by atoms with Crippen molar-refractivity contribution in [1.82, 2.24) is 5.32 Å². The molecule has 0 bridgehead atoms. The lowest BCUT2D eigenvalue weighted by atomic mass is 10.2. The first-order valence-corrected chi connectivity index (χ1v) is 8.02. The average molecular weight is 362 g/mol. The number of carbonyl (C=O) groups is 3. The SMILES string of the molecule is CC[C@@H](OC(=O)[C@H](C)NC(=O)c1ccco1)C(=O)Nc1ccc(F)cc1. The van der Waals surface area contributed by atoms with Gasteiger partial charge in [-0.2, -0.15) is 0 Å². The smallest absolute Gasteiger partial charge is 0.329 e. The summed E-state index contributed by atoms with van der Waals surface area (Å²) in [6.45, 7) is 3.11. The average Bonchev–Trinajstić information content (AvgIpc) is 3.16. The fourth-order valence-corrected chi connectivity index (χ4v) is 2.05. The van der Waals surface area contributed by atoms with E-state index in [0.717, 1.165) is 0 Å². The molecule has 7 nitrogen and oxygen atoms in total. The Bertz CT molecular complexity index is 758. The molecule has 0 saturated heterocycles. The molecule has 0 saturated carbocycles. The molecule has 2 amide bonds. The molecule has 0 radical (unpaired) electrons. The highest BCUT2D eigenvalue weighted by atomic mass is 19.1. The quantitative estimate of drug-likeness (QED) is 0.738. The Hall–Kier alpha value is -3.16. The van der Waals surface area contributed by atoms with Crippen LogP contribution in [0.2, 0.25) is 0 Å². The fourth-order valence-electron chi connectivity index (χ4n) is 2.05. The van der Waals surface area contributed by atoms with Gasteiger partial charge in [-0.1, -0.05) is 6.92 Å². The Morgan fingerprint density at radius 2 is 1.88 bits per heavy atom. The molecule has 0 unspecified atom stereocenters. The number of benzene rings is 1. The van der Waals surface area contributed by atoms with Gasteiger partial charge in [-0.15, -0.1) is 0 Å². The normalized spacial score (nSPS) is 12.7. The lowest BCUT2D eigenvalue weighted by molar-refractivity contribution is -0.155. The van der Waals surface area contributed by atoms with Gasteiger partial charge in [-0.25, -0.2) is 9.18 Å². The zero-order valence-electron chi connectivity index (χ0n) is 14.3. The predicted octanol–water partition coefficient (Wildman–Crippen LogP) is 2.50. The summed E-state index contributed by atoms with van der Waals surface area (Å²) in [6.07, 6.45) is 0.526. The highest BCUT2D eigenvalue weighted by Gasteiger charge is 2.26. The molecule has 8 heteroatoms. The van der Waals surface area contributed by atoms with Crippen molar-refractivity contribution in [2.24, 2.45) is 0 Å². The number of hydrogen-bond acceptors (Lipinski definition) is 5. The summed E-state index contributed by atoms with van der Waals surface area (Å²) in [5.74, 6) is -2.24. The maximum atomic E-state index is 12.9. The van der Waals surface area contributed by atoms with Crippen molar-refractivity contribution in [3.8, 4) is 0 Å². The van der Waals surface area contributed by atoms with Crippen molar-refractivity contribution in [1.29, 1.82) is 0 Å². The second-order valence-electron chi connectivity index (χ2n) is 5.50. The van der Waals surface area contributed by atoms with E-state index in [1.807, 2.05) is 0 Å². The second kappa shape index (κ2) is 8.80. The summed E-state index contributed by atoms with van der Waals surface area (Å²) in [4.78, 5) is 36.2. The molecule has 2 atom stereocenters. The van der Waals surface area contributed by atoms with Gasteiger partial charge >= 0.3 is 5.97 Å². The van der Waals surface area contributed by atoms with E-state index in [1.165, 1.54) is 43.5 Å². The maximum absolute atomic E-state index is 12.9. The monoisotopic (exact) mass is 362 g/mol. The van der Waals surface area contributed by atoms with Gasteiger partial charge in [0.25, 0.3) is 11.8 Å². The van der Waals surface area contributed by atoms with Crippen LogP contribution in [0.15, 0.2) is 47.1 Å². The van der Waals surface area contributed by atoms with Gasteiger partial charge in [0.1, 0.15) is 11.9 Å². The zero-order valence-corrected chi connectivity index (χ0v) is 14.3. The van der Waals surface area contributed by atoms with Gasteiger partial charge in [0.15, 0.2) is 11.9 Å². The van der Waals surface area contributed by atoms with Crippen molar-refractivity contribution in [2.75, 3.05) is 5.32 Å². The van der Waals surface area contributed by atoms with Crippen molar-refractivity contribution < 1.29 is 27.9 Å². The van der Waals surface area contributed by atoms with Crippen LogP contribution in [-0.4, -0.2) is 29.9 Å². The van der Waals surface area contributed by atoms with Gasteiger partial charge < -0.3 is 19.8 Å². The third-order valence-corrected chi connectivity index (χ3v) is 3.48. The summed E-state index contributed by atoms with van der Waals surface area (Å²) >= 11 is 0. The van der Waals surface area contributed by atoms with Gasteiger partial charge in [-0.3, -0.25) is 9.59 Å². The van der Waals surface area contributed by atoms with E-state index >= 15 is 0 Å². The number of anilines is 1. The fraction of sp³-hybridized carbons (Fsp3) is 0.278. The van der Waals surface area contributed by atoms with Crippen molar-refractivity contribution >= 4 is 23.5 Å². The Balaban J connectivity index is 1.90. The van der Waals surface area contributed by atoms with Crippen LogP contribution < -0.4 is 10.6 Å². The number of ether oxygens (including phenoxy) is 1. The molecule has 0 aliphatic heterocycles. The van der Waals surface area contributed by atoms with E-state index in [1.54, 1.807) is 13.0 Å². The molecule has 138 valence electrons. The number of hydrogen-bond donors (Lipinski definition) is 2. The standard InChI is InChI=1S/C18H19FN2O5/c1-3-14(16(22)21-13-8-6-12(19)7-9-13)26-18(24)11(2)20-17(23)15-5-4-10-25-15/h4-11,14H,3H2,1-2H3,(H,20,23)(H,21,22)/t11-,14+/m0/s1. The van der Waals surface area contributed by atoms with E-state index < -0.39 is 35.7 Å². The number of esters is 1. The largest absolute Gasteiger partial charge is 0.459 e. The molecule has 2 N–H and O–H groups in total. The van der Waals surface area contributed by atoms with Crippen LogP contribution in [0.4, 0.5) is 10.1 Å². The Kier molecular flexibility index (Phi) is 6.48. The molecule has 1 aromatic heterocycles. The lowest BCUT2D eigenvalue weighted by Gasteiger charge is -2.19. The lowest BCUT2D eigenvalue weighted by Crippen LogP contribution is -2.42. The van der Waals surface area contributed by atoms with Crippen molar-refractivity contribution in [3.63, 3.8) is 0 Å². The molecule has 2 aromatic rings. The molecule has 2 rings (SSSR count). The van der Waals surface area contributed by atoms with Crippen LogP contribution in [0.5, 0.6) is 0 Å². The van der Waals surface area contributed by atoms with Crippen LogP contribution in [0.3, 0.4) is 0 Å². The van der Waals surface area contributed by atoms with Gasteiger partial charge in [0.2, 0.25) is 0 Å². The third-order valence-electron chi connectivity index (χ3n) is 3.48. The van der Waals surface area contributed by atoms with Crippen LogP contribution in [-0.2, 0) is 14.3 Å². The number of nitrogens with one attached hydrogen (secondary N) is 2. The number of furan rings is 1. The molecule has 0 fully saturated rings. The number of amides is 2. The van der Waals surface area contributed by atoms with Crippen LogP contribution in [0, 0.1) is 5.82 Å². The molecule has 26 heavy (non-hydrogen) atoms. The summed E-state index contributed by atoms with van der Waals surface area (Å²) in [5.41, 5.74) is 0.380. The maximum Gasteiger partial charge on any atom is 0.329 e. The summed E-state index contributed by atoms with van der Waals surface area (Å²) in [5, 5.41) is 4.97. The molecular formula is C18H19FN2O5. The summed E-state index contributed by atoms with van der Waals surface area (Å²) in [7, 11) is 0. The Morgan fingerprint density at radius 3 is 2.46 bits per heavy atom. The van der Waals surface area contributed by atoms with E-state index in [2.05, 4.69) is 10.6 Å². The molecule has 1 aromatic carbocycles. The first-order valence-electron chi connectivity index (χ1n) is 8.02. The summed E-state index contributed by atoms with van der Waals surface area (Å²) in [6, 6.07) is 7.23. The van der Waals surface area contributed by atoms with Crippen molar-refractivity contribution in [3.05, 3.63) is 54.2 Å².